The zero-order valence-electron chi connectivity index (χ0n) is 11.3. The predicted molar refractivity (Wildman–Crippen MR) is 76.6 cm³/mol. The predicted octanol–water partition coefficient (Wildman–Crippen LogP) is 2.86. The van der Waals surface area contributed by atoms with Gasteiger partial charge in [-0.2, -0.15) is 0 Å². The Balaban J connectivity index is 2.17. The largest absolute Gasteiger partial charge is 0.496 e. The van der Waals surface area contributed by atoms with Crippen LogP contribution in [0.5, 0.6) is 5.75 Å². The van der Waals surface area contributed by atoms with E-state index in [-0.39, 0.29) is 0 Å². The van der Waals surface area contributed by atoms with Crippen LogP contribution in [-0.2, 0) is 0 Å². The fraction of sp³-hybridized carbons (Fsp3) is 0.125. The van der Waals surface area contributed by atoms with Crippen molar-refractivity contribution in [1.29, 1.82) is 0 Å². The molecule has 1 heterocycles. The minimum Gasteiger partial charge on any atom is -0.496 e. The molecule has 0 fully saturated rings. The molecule has 0 spiro atoms. The molecule has 0 amide bonds. The number of fused-ring (bicyclic) bond motifs is 1. The van der Waals surface area contributed by atoms with E-state index in [0.717, 1.165) is 0 Å². The minimum absolute atomic E-state index is 0.357. The standard InChI is InChI=1S/C16H13FN2O2/c1-21-14-6-5-10(17)9-12(14)16(20)11-3-2-4-13-15(11)19-8-7-18-13/h2-9,16,20H,1H3. The zero-order chi connectivity index (χ0) is 14.8. The van der Waals surface area contributed by atoms with Crippen LogP contribution in [0, 0.1) is 5.82 Å². The van der Waals surface area contributed by atoms with Gasteiger partial charge in [-0.3, -0.25) is 9.97 Å². The van der Waals surface area contributed by atoms with Crippen LogP contribution in [-0.4, -0.2) is 22.2 Å². The molecule has 3 aromatic rings. The average molecular weight is 284 g/mol. The molecule has 0 aliphatic carbocycles. The molecule has 5 heteroatoms. The molecule has 2 aromatic carbocycles. The van der Waals surface area contributed by atoms with Crippen molar-refractivity contribution in [3.8, 4) is 5.75 Å². The van der Waals surface area contributed by atoms with E-state index in [9.17, 15) is 9.50 Å². The summed E-state index contributed by atoms with van der Waals surface area (Å²) in [5.74, 6) is -0.0130. The molecular weight excluding hydrogens is 271 g/mol. The molecule has 1 N–H and O–H groups in total. The lowest BCUT2D eigenvalue weighted by Gasteiger charge is -2.16. The lowest BCUT2D eigenvalue weighted by Crippen LogP contribution is -2.04. The van der Waals surface area contributed by atoms with E-state index in [2.05, 4.69) is 9.97 Å². The van der Waals surface area contributed by atoms with Crippen molar-refractivity contribution in [2.24, 2.45) is 0 Å². The summed E-state index contributed by atoms with van der Waals surface area (Å²) in [4.78, 5) is 8.45. The Kier molecular flexibility index (Phi) is 3.50. The van der Waals surface area contributed by atoms with Gasteiger partial charge in [0.2, 0.25) is 0 Å². The van der Waals surface area contributed by atoms with Gasteiger partial charge < -0.3 is 9.84 Å². The maximum atomic E-state index is 13.5. The Morgan fingerprint density at radius 1 is 1.10 bits per heavy atom. The van der Waals surface area contributed by atoms with Gasteiger partial charge in [-0.25, -0.2) is 4.39 Å². The van der Waals surface area contributed by atoms with Crippen LogP contribution in [0.3, 0.4) is 0 Å². The molecule has 4 nitrogen and oxygen atoms in total. The Hall–Kier alpha value is -2.53. The number of aromatic nitrogens is 2. The summed E-state index contributed by atoms with van der Waals surface area (Å²) < 4.78 is 18.7. The molecule has 0 saturated carbocycles. The summed E-state index contributed by atoms with van der Waals surface area (Å²) in [5.41, 5.74) is 2.17. The summed E-state index contributed by atoms with van der Waals surface area (Å²) in [5, 5.41) is 10.6. The number of ether oxygens (including phenoxy) is 1. The van der Waals surface area contributed by atoms with E-state index in [0.29, 0.717) is 27.9 Å². The monoisotopic (exact) mass is 284 g/mol. The number of para-hydroxylation sites is 1. The van der Waals surface area contributed by atoms with E-state index in [1.54, 1.807) is 30.6 Å². The second-order valence-corrected chi connectivity index (χ2v) is 4.56. The first-order chi connectivity index (χ1) is 10.2. The lowest BCUT2D eigenvalue weighted by atomic mass is 9.99. The van der Waals surface area contributed by atoms with Crippen LogP contribution >= 0.6 is 0 Å². The molecule has 0 bridgehead atoms. The third-order valence-electron chi connectivity index (χ3n) is 3.31. The third-order valence-corrected chi connectivity index (χ3v) is 3.31. The number of halogens is 1. The van der Waals surface area contributed by atoms with Gasteiger partial charge in [-0.1, -0.05) is 12.1 Å². The van der Waals surface area contributed by atoms with Crippen LogP contribution in [0.2, 0.25) is 0 Å². The average Bonchev–Trinajstić information content (AvgIpc) is 2.53. The molecule has 0 aliphatic rings. The van der Waals surface area contributed by atoms with Crippen molar-refractivity contribution in [2.75, 3.05) is 7.11 Å². The van der Waals surface area contributed by atoms with E-state index in [4.69, 9.17) is 4.74 Å². The second-order valence-electron chi connectivity index (χ2n) is 4.56. The normalized spacial score (nSPS) is 12.3. The van der Waals surface area contributed by atoms with Crippen LogP contribution in [0.25, 0.3) is 11.0 Å². The maximum Gasteiger partial charge on any atom is 0.125 e. The van der Waals surface area contributed by atoms with Crippen molar-refractivity contribution in [1.82, 2.24) is 9.97 Å². The molecule has 3 rings (SSSR count). The SMILES string of the molecule is COc1ccc(F)cc1C(O)c1cccc2nccnc12. The molecule has 0 aliphatic heterocycles. The van der Waals surface area contributed by atoms with Crippen molar-refractivity contribution < 1.29 is 14.2 Å². The number of methoxy groups -OCH3 is 1. The molecular formula is C16H13FN2O2. The summed E-state index contributed by atoms with van der Waals surface area (Å²) in [6.45, 7) is 0. The number of aliphatic hydroxyl groups is 1. The molecule has 0 radical (unpaired) electrons. The van der Waals surface area contributed by atoms with Gasteiger partial charge in [0.15, 0.2) is 0 Å². The van der Waals surface area contributed by atoms with Crippen molar-refractivity contribution in [2.45, 2.75) is 6.10 Å². The van der Waals surface area contributed by atoms with Crippen LogP contribution in [0.4, 0.5) is 4.39 Å². The first-order valence-corrected chi connectivity index (χ1v) is 6.42. The number of aliphatic hydroxyl groups excluding tert-OH is 1. The highest BCUT2D eigenvalue weighted by Gasteiger charge is 2.19. The first-order valence-electron chi connectivity index (χ1n) is 6.42. The molecule has 21 heavy (non-hydrogen) atoms. The van der Waals surface area contributed by atoms with Gasteiger partial charge in [-0.15, -0.1) is 0 Å². The van der Waals surface area contributed by atoms with E-state index in [1.807, 2.05) is 0 Å². The third kappa shape index (κ3) is 2.43. The Morgan fingerprint density at radius 3 is 2.71 bits per heavy atom. The fourth-order valence-electron chi connectivity index (χ4n) is 2.32. The van der Waals surface area contributed by atoms with Gasteiger partial charge in [0, 0.05) is 23.5 Å². The topological polar surface area (TPSA) is 55.2 Å². The van der Waals surface area contributed by atoms with Gasteiger partial charge in [0.05, 0.1) is 18.1 Å². The van der Waals surface area contributed by atoms with Crippen LogP contribution in [0.15, 0.2) is 48.8 Å². The lowest BCUT2D eigenvalue weighted by molar-refractivity contribution is 0.215. The molecule has 1 unspecified atom stereocenters. The van der Waals surface area contributed by atoms with Crippen LogP contribution < -0.4 is 4.74 Å². The van der Waals surface area contributed by atoms with Gasteiger partial charge >= 0.3 is 0 Å². The van der Waals surface area contributed by atoms with Gasteiger partial charge in [0.25, 0.3) is 0 Å². The molecule has 1 atom stereocenters. The Labute approximate surface area is 120 Å². The summed E-state index contributed by atoms with van der Waals surface area (Å²) >= 11 is 0. The Bertz CT molecular complexity index is 787. The van der Waals surface area contributed by atoms with E-state index >= 15 is 0 Å². The summed E-state index contributed by atoms with van der Waals surface area (Å²) in [6, 6.07) is 9.37. The zero-order valence-corrected chi connectivity index (χ0v) is 11.3. The highest BCUT2D eigenvalue weighted by Crippen LogP contribution is 2.33. The van der Waals surface area contributed by atoms with Gasteiger partial charge in [-0.05, 0) is 24.3 Å². The number of hydrogen-bond donors (Lipinski definition) is 1. The Morgan fingerprint density at radius 2 is 1.90 bits per heavy atom. The highest BCUT2D eigenvalue weighted by molar-refractivity contribution is 5.78. The maximum absolute atomic E-state index is 13.5. The van der Waals surface area contributed by atoms with Crippen molar-refractivity contribution in [3.05, 3.63) is 65.7 Å². The number of rotatable bonds is 3. The highest BCUT2D eigenvalue weighted by atomic mass is 19.1. The summed E-state index contributed by atoms with van der Waals surface area (Å²) in [6.07, 6.45) is 2.10. The molecule has 0 saturated heterocycles. The first kappa shape index (κ1) is 13.5. The minimum atomic E-state index is -1.05. The molecule has 1 aromatic heterocycles. The second kappa shape index (κ2) is 5.46. The number of hydrogen-bond acceptors (Lipinski definition) is 4. The smallest absolute Gasteiger partial charge is 0.125 e. The quantitative estimate of drug-likeness (QED) is 0.803. The van der Waals surface area contributed by atoms with Gasteiger partial charge in [0.1, 0.15) is 17.7 Å². The fourth-order valence-corrected chi connectivity index (χ4v) is 2.32. The number of benzene rings is 2. The van der Waals surface area contributed by atoms with Crippen molar-refractivity contribution in [3.63, 3.8) is 0 Å². The van der Waals surface area contributed by atoms with Crippen molar-refractivity contribution >= 4 is 11.0 Å². The van der Waals surface area contributed by atoms with E-state index in [1.165, 1.54) is 25.3 Å². The number of nitrogens with zero attached hydrogens (tertiary/aromatic N) is 2. The molecule has 106 valence electrons. The van der Waals surface area contributed by atoms with Crippen LogP contribution in [0.1, 0.15) is 17.2 Å². The van der Waals surface area contributed by atoms with E-state index < -0.39 is 11.9 Å². The summed E-state index contributed by atoms with van der Waals surface area (Å²) in [7, 11) is 1.48.